The Morgan fingerprint density at radius 3 is 2.49 bits per heavy atom. The van der Waals surface area contributed by atoms with Crippen molar-refractivity contribution in [2.24, 2.45) is 5.92 Å². The van der Waals surface area contributed by atoms with E-state index in [1.807, 2.05) is 20.9 Å². The molecular formula is C35H48N4O9S. The molecule has 0 radical (unpaired) electrons. The molecule has 0 fully saturated rings. The van der Waals surface area contributed by atoms with Gasteiger partial charge < -0.3 is 29.1 Å². The Balaban J connectivity index is 1.63. The zero-order valence-corrected chi connectivity index (χ0v) is 29.8. The molecule has 0 bridgehead atoms. The number of aromatic carboxylic acids is 1. The number of hydrogen-bond acceptors (Lipinski definition) is 10. The number of ether oxygens (including phenoxy) is 2. The molecule has 2 aromatic carbocycles. The van der Waals surface area contributed by atoms with Gasteiger partial charge in [-0.25, -0.2) is 13.2 Å². The van der Waals surface area contributed by atoms with Crippen molar-refractivity contribution in [3.8, 4) is 5.75 Å². The molecule has 3 aromatic rings. The van der Waals surface area contributed by atoms with E-state index in [9.17, 15) is 28.2 Å². The second kappa shape index (κ2) is 16.6. The molecule has 1 aliphatic heterocycles. The monoisotopic (exact) mass is 700 g/mol. The molecule has 14 heteroatoms. The average Bonchev–Trinajstić information content (AvgIpc) is 3.40. The van der Waals surface area contributed by atoms with Crippen molar-refractivity contribution >= 4 is 27.6 Å². The fourth-order valence-electron chi connectivity index (χ4n) is 5.95. The van der Waals surface area contributed by atoms with Crippen molar-refractivity contribution in [3.05, 3.63) is 70.6 Å². The molecular weight excluding hydrogens is 652 g/mol. The Kier molecular flexibility index (Phi) is 12.8. The number of aliphatic hydroxyl groups excluding tert-OH is 1. The molecule has 0 spiro atoms. The molecule has 0 saturated carbocycles. The van der Waals surface area contributed by atoms with E-state index in [2.05, 4.69) is 14.8 Å². The number of sulfonamides is 1. The van der Waals surface area contributed by atoms with Crippen LogP contribution in [0.4, 0.5) is 5.69 Å². The van der Waals surface area contributed by atoms with Crippen LogP contribution in [0.3, 0.4) is 0 Å². The number of aliphatic hydroxyl groups is 1. The van der Waals surface area contributed by atoms with Crippen LogP contribution in [0, 0.1) is 19.8 Å². The number of benzene rings is 2. The fourth-order valence-corrected chi connectivity index (χ4v) is 7.33. The SMILES string of the molecule is Cc1noc(C)c1S(=O)(=O)Nc1ccc2c(c1)C(=O)N([C@H](C)CO)C[C@H](C)[C@H](CN(C)Cc1ccc(C(=O)O)cc1)OCCCC[C@@H](C)O2. The van der Waals surface area contributed by atoms with Crippen LogP contribution in [0.5, 0.6) is 5.75 Å². The van der Waals surface area contributed by atoms with Gasteiger partial charge in [-0.3, -0.25) is 14.4 Å². The third-order valence-corrected chi connectivity index (χ3v) is 10.3. The quantitative estimate of drug-likeness (QED) is 0.267. The lowest BCUT2D eigenvalue weighted by molar-refractivity contribution is -0.0177. The van der Waals surface area contributed by atoms with Crippen molar-refractivity contribution in [1.82, 2.24) is 15.0 Å². The van der Waals surface area contributed by atoms with Gasteiger partial charge in [0.15, 0.2) is 10.7 Å². The summed E-state index contributed by atoms with van der Waals surface area (Å²) in [4.78, 5) is 29.3. The molecule has 0 saturated heterocycles. The number of carbonyl (C=O) groups is 2. The third kappa shape index (κ3) is 9.81. The zero-order valence-electron chi connectivity index (χ0n) is 29.0. The number of nitrogens with zero attached hydrogens (tertiary/aromatic N) is 3. The minimum absolute atomic E-state index is 0.0681. The van der Waals surface area contributed by atoms with Crippen molar-refractivity contribution < 1.29 is 42.2 Å². The summed E-state index contributed by atoms with van der Waals surface area (Å²) in [5.74, 6) is -1.10. The number of amides is 1. The Hall–Kier alpha value is -3.98. The lowest BCUT2D eigenvalue weighted by Gasteiger charge is -2.36. The maximum absolute atomic E-state index is 14.4. The number of nitrogens with one attached hydrogen (secondary N) is 1. The third-order valence-electron chi connectivity index (χ3n) is 8.69. The normalized spacial score (nSPS) is 20.3. The number of carboxylic acids is 1. The van der Waals surface area contributed by atoms with Crippen molar-refractivity contribution in [2.75, 3.05) is 38.1 Å². The largest absolute Gasteiger partial charge is 0.490 e. The summed E-state index contributed by atoms with van der Waals surface area (Å²) in [7, 11) is -2.12. The predicted octanol–water partition coefficient (Wildman–Crippen LogP) is 4.72. The minimum Gasteiger partial charge on any atom is -0.490 e. The Morgan fingerprint density at radius 2 is 1.86 bits per heavy atom. The van der Waals surface area contributed by atoms with Gasteiger partial charge in [-0.2, -0.15) is 0 Å². The first-order valence-electron chi connectivity index (χ1n) is 16.5. The highest BCUT2D eigenvalue weighted by molar-refractivity contribution is 7.92. The lowest BCUT2D eigenvalue weighted by Crippen LogP contribution is -2.47. The van der Waals surface area contributed by atoms with E-state index in [1.165, 1.54) is 19.9 Å². The number of hydrogen-bond donors (Lipinski definition) is 3. The van der Waals surface area contributed by atoms with E-state index in [1.54, 1.807) is 48.2 Å². The van der Waals surface area contributed by atoms with Crippen LogP contribution in [0.1, 0.15) is 77.8 Å². The van der Waals surface area contributed by atoms with E-state index in [-0.39, 0.29) is 64.4 Å². The summed E-state index contributed by atoms with van der Waals surface area (Å²) in [5, 5.41) is 23.2. The zero-order chi connectivity index (χ0) is 35.9. The average molecular weight is 701 g/mol. The van der Waals surface area contributed by atoms with Crippen LogP contribution in [-0.2, 0) is 21.3 Å². The van der Waals surface area contributed by atoms with Gasteiger partial charge in [-0.05, 0) is 89.9 Å². The molecule has 268 valence electrons. The highest BCUT2D eigenvalue weighted by Crippen LogP contribution is 2.30. The van der Waals surface area contributed by atoms with Crippen LogP contribution in [-0.4, -0.2) is 97.1 Å². The highest BCUT2D eigenvalue weighted by Gasteiger charge is 2.31. The van der Waals surface area contributed by atoms with Gasteiger partial charge in [0, 0.05) is 37.8 Å². The van der Waals surface area contributed by atoms with Gasteiger partial charge in [0.05, 0.1) is 36.0 Å². The molecule has 0 unspecified atom stereocenters. The summed E-state index contributed by atoms with van der Waals surface area (Å²) >= 11 is 0. The number of carboxylic acid groups (broad SMARTS) is 1. The van der Waals surface area contributed by atoms with Crippen LogP contribution in [0.25, 0.3) is 0 Å². The Labute approximate surface area is 288 Å². The molecule has 3 N–H and O–H groups in total. The van der Waals surface area contributed by atoms with Gasteiger partial charge in [-0.15, -0.1) is 0 Å². The lowest BCUT2D eigenvalue weighted by atomic mass is 10.0. The number of likely N-dealkylation sites (N-methyl/N-ethyl adjacent to an activating group) is 1. The smallest absolute Gasteiger partial charge is 0.335 e. The van der Waals surface area contributed by atoms with E-state index in [0.29, 0.717) is 31.9 Å². The first kappa shape index (κ1) is 37.8. The maximum atomic E-state index is 14.4. The van der Waals surface area contributed by atoms with Crippen molar-refractivity contribution in [1.29, 1.82) is 0 Å². The van der Waals surface area contributed by atoms with Crippen molar-refractivity contribution in [2.45, 2.75) is 83.6 Å². The van der Waals surface area contributed by atoms with Gasteiger partial charge >= 0.3 is 5.97 Å². The standard InChI is InChI=1S/C35H48N4O9S/c1-22-18-39(23(2)21-40)34(41)30-17-29(37-49(44,45)33-25(4)36-48-26(33)5)14-15-31(30)47-24(3)9-7-8-16-46-32(22)20-38(6)19-27-10-12-28(13-11-27)35(42)43/h10-15,17,22-24,32,37,40H,7-9,16,18-21H2,1-6H3,(H,42,43)/t22-,23+,24+,32-/m0/s1. The number of aryl methyl sites for hydroxylation is 2. The topological polar surface area (TPSA) is 172 Å². The van der Waals surface area contributed by atoms with Crippen LogP contribution < -0.4 is 9.46 Å². The molecule has 1 aliphatic rings. The molecule has 4 rings (SSSR count). The maximum Gasteiger partial charge on any atom is 0.335 e. The van der Waals surface area contributed by atoms with E-state index < -0.39 is 27.9 Å². The Morgan fingerprint density at radius 1 is 1.14 bits per heavy atom. The van der Waals surface area contributed by atoms with Crippen LogP contribution >= 0.6 is 0 Å². The van der Waals surface area contributed by atoms with Gasteiger partial charge in [0.2, 0.25) is 0 Å². The Bertz CT molecular complexity index is 1670. The van der Waals surface area contributed by atoms with E-state index in [0.717, 1.165) is 18.4 Å². The molecule has 1 aromatic heterocycles. The van der Waals surface area contributed by atoms with E-state index >= 15 is 0 Å². The van der Waals surface area contributed by atoms with Gasteiger partial charge in [0.25, 0.3) is 15.9 Å². The predicted molar refractivity (Wildman–Crippen MR) is 183 cm³/mol. The number of rotatable bonds is 10. The molecule has 49 heavy (non-hydrogen) atoms. The highest BCUT2D eigenvalue weighted by atomic mass is 32.2. The minimum atomic E-state index is -4.09. The molecule has 4 atom stereocenters. The molecule has 13 nitrogen and oxygen atoms in total. The van der Waals surface area contributed by atoms with Crippen LogP contribution in [0.2, 0.25) is 0 Å². The first-order chi connectivity index (χ1) is 23.2. The van der Waals surface area contributed by atoms with Crippen molar-refractivity contribution in [3.63, 3.8) is 0 Å². The number of anilines is 1. The number of aromatic nitrogens is 1. The second-order valence-corrected chi connectivity index (χ2v) is 14.6. The first-order valence-corrected chi connectivity index (χ1v) is 18.0. The molecule has 0 aliphatic carbocycles. The van der Waals surface area contributed by atoms with E-state index in [4.69, 9.17) is 14.0 Å². The summed E-state index contributed by atoms with van der Waals surface area (Å²) in [6.07, 6.45) is 1.84. The van der Waals surface area contributed by atoms with Gasteiger partial charge in [0.1, 0.15) is 11.4 Å². The summed E-state index contributed by atoms with van der Waals surface area (Å²) in [5.41, 5.74) is 1.72. The van der Waals surface area contributed by atoms with Gasteiger partial charge in [-0.1, -0.05) is 24.2 Å². The second-order valence-electron chi connectivity index (χ2n) is 13.0. The number of fused-ring (bicyclic) bond motifs is 1. The fraction of sp³-hybridized carbons (Fsp3) is 0.514. The summed E-state index contributed by atoms with van der Waals surface area (Å²) < 4.78 is 46.9. The summed E-state index contributed by atoms with van der Waals surface area (Å²) in [6.45, 7) is 10.3. The van der Waals surface area contributed by atoms with Crippen LogP contribution in [0.15, 0.2) is 51.9 Å². The molecule has 1 amide bonds. The number of carbonyl (C=O) groups excluding carboxylic acids is 1. The molecule has 2 heterocycles. The summed E-state index contributed by atoms with van der Waals surface area (Å²) in [6, 6.07) is 10.8.